The van der Waals surface area contributed by atoms with Crippen molar-refractivity contribution in [1.29, 1.82) is 0 Å². The monoisotopic (exact) mass is 955 g/mol. The number of hydrogen-bond donors (Lipinski definition) is 2. The maximum atomic E-state index is 15.8. The first-order valence-corrected chi connectivity index (χ1v) is 24.5. The smallest absolute Gasteiger partial charge is 0.301 e. The van der Waals surface area contributed by atoms with E-state index in [1.165, 1.54) is 10.6 Å². The van der Waals surface area contributed by atoms with E-state index in [0.717, 1.165) is 82.7 Å². The molecule has 2 amide bonds. The fraction of sp³-hybridized carbons (Fsp3) is 0.551. The third kappa shape index (κ3) is 7.98. The van der Waals surface area contributed by atoms with Gasteiger partial charge in [0.2, 0.25) is 23.5 Å². The number of carbonyl (C=O) groups excluding carboxylic acids is 2. The van der Waals surface area contributed by atoms with E-state index >= 15 is 13.2 Å². The van der Waals surface area contributed by atoms with Crippen molar-refractivity contribution in [2.45, 2.75) is 95.6 Å². The van der Waals surface area contributed by atoms with Gasteiger partial charge in [0, 0.05) is 75.6 Å². The number of amides is 2. The van der Waals surface area contributed by atoms with Gasteiger partial charge in [-0.3, -0.25) is 19.1 Å². The second kappa shape index (κ2) is 17.1. The molecule has 2 aromatic carbocycles. The Bertz CT molecular complexity index is 2860. The number of halogens is 4. The van der Waals surface area contributed by atoms with Crippen LogP contribution in [0.5, 0.6) is 5.75 Å². The molecule has 5 aliphatic heterocycles. The number of imide groups is 1. The number of piperidine rings is 4. The van der Waals surface area contributed by atoms with Crippen molar-refractivity contribution < 1.29 is 27.5 Å². The van der Waals surface area contributed by atoms with Gasteiger partial charge in [0.1, 0.15) is 10.8 Å². The maximum Gasteiger partial charge on any atom is 0.301 e. The van der Waals surface area contributed by atoms with Gasteiger partial charge in [0.05, 0.1) is 34.6 Å². The van der Waals surface area contributed by atoms with Crippen molar-refractivity contribution in [3.63, 3.8) is 0 Å². The van der Waals surface area contributed by atoms with E-state index in [4.69, 9.17) is 21.3 Å². The molecule has 5 aromatic rings. The summed E-state index contributed by atoms with van der Waals surface area (Å²) in [6.07, 6.45) is 10.3. The highest BCUT2D eigenvalue weighted by Gasteiger charge is 2.51. The number of rotatable bonds is 8. The summed E-state index contributed by atoms with van der Waals surface area (Å²) in [5, 5.41) is 12.3. The van der Waals surface area contributed by atoms with Crippen molar-refractivity contribution in [2.24, 2.45) is 31.3 Å². The number of pyridine rings is 1. The number of ether oxygens (including phenoxy) is 1. The van der Waals surface area contributed by atoms with Crippen LogP contribution in [0.4, 0.5) is 47.8 Å². The molecule has 2 N–H and O–H groups in total. The van der Waals surface area contributed by atoms with Gasteiger partial charge in [-0.25, -0.2) is 23.1 Å². The Morgan fingerprint density at radius 2 is 1.59 bits per heavy atom. The average molecular weight is 957 g/mol. The Kier molecular flexibility index (Phi) is 11.3. The minimum Gasteiger partial charge on any atom is -0.480 e. The second-order valence-corrected chi connectivity index (χ2v) is 20.5. The fourth-order valence-corrected chi connectivity index (χ4v) is 11.8. The Hall–Kier alpha value is -5.62. The number of likely N-dealkylation sites (tertiary alicyclic amines) is 1. The lowest BCUT2D eigenvalue weighted by Gasteiger charge is -2.49. The van der Waals surface area contributed by atoms with Crippen LogP contribution in [0, 0.1) is 23.1 Å². The van der Waals surface area contributed by atoms with Crippen LogP contribution in [0.3, 0.4) is 0 Å². The molecule has 360 valence electrons. The normalized spacial score (nSPS) is 22.9. The van der Waals surface area contributed by atoms with Crippen molar-refractivity contribution in [3.8, 4) is 5.75 Å². The first kappa shape index (κ1) is 44.9. The molecule has 19 heteroatoms. The van der Waals surface area contributed by atoms with Gasteiger partial charge in [-0.05, 0) is 125 Å². The Morgan fingerprint density at radius 3 is 2.29 bits per heavy atom. The molecule has 0 unspecified atom stereocenters. The highest BCUT2D eigenvalue weighted by atomic mass is 35.5. The first-order valence-electron chi connectivity index (χ1n) is 24.2. The number of hydrogen-bond acceptors (Lipinski definition) is 12. The predicted octanol–water partition coefficient (Wildman–Crippen LogP) is 8.00. The summed E-state index contributed by atoms with van der Waals surface area (Å²) in [7, 11) is 3.37. The third-order valence-electron chi connectivity index (χ3n) is 16.1. The molecule has 0 radical (unpaired) electrons. The summed E-state index contributed by atoms with van der Waals surface area (Å²) in [6, 6.07) is 7.93. The lowest BCUT2D eigenvalue weighted by atomic mass is 9.70. The molecule has 1 saturated carbocycles. The quantitative estimate of drug-likeness (QED) is 0.145. The van der Waals surface area contributed by atoms with E-state index in [1.54, 1.807) is 31.0 Å². The minimum atomic E-state index is -3.14. The molecule has 3 aromatic heterocycles. The average Bonchev–Trinajstić information content (AvgIpc) is 4.14. The molecule has 15 nitrogen and oxygen atoms in total. The summed E-state index contributed by atoms with van der Waals surface area (Å²) in [5.41, 5.74) is 2.46. The minimum absolute atomic E-state index is 0.108. The summed E-state index contributed by atoms with van der Waals surface area (Å²) in [4.78, 5) is 56.3. The molecule has 68 heavy (non-hydrogen) atoms. The largest absolute Gasteiger partial charge is 0.480 e. The first-order chi connectivity index (χ1) is 32.7. The zero-order valence-electron chi connectivity index (χ0n) is 38.7. The number of benzene rings is 2. The van der Waals surface area contributed by atoms with Crippen LogP contribution in [0.1, 0.15) is 77.6 Å². The predicted molar refractivity (Wildman–Crippen MR) is 256 cm³/mol. The zero-order valence-corrected chi connectivity index (χ0v) is 39.4. The van der Waals surface area contributed by atoms with Crippen LogP contribution in [0.2, 0.25) is 5.02 Å². The van der Waals surface area contributed by atoms with Crippen LogP contribution in [0.15, 0.2) is 41.3 Å². The van der Waals surface area contributed by atoms with Crippen molar-refractivity contribution in [2.75, 3.05) is 71.2 Å². The fourth-order valence-electron chi connectivity index (χ4n) is 11.7. The van der Waals surface area contributed by atoms with Gasteiger partial charge in [-0.2, -0.15) is 10.1 Å². The summed E-state index contributed by atoms with van der Waals surface area (Å²) >= 11 is 6.68. The molecule has 8 heterocycles. The number of alkyl halides is 2. The number of fused-ring (bicyclic) bond motifs is 4. The van der Waals surface area contributed by atoms with E-state index in [1.807, 2.05) is 18.2 Å². The van der Waals surface area contributed by atoms with Gasteiger partial charge in [-0.1, -0.05) is 11.6 Å². The Balaban J connectivity index is 0.703. The van der Waals surface area contributed by atoms with E-state index in [9.17, 15) is 14.4 Å². The number of aryl methyl sites for hydroxylation is 2. The molecule has 0 bridgehead atoms. The highest BCUT2D eigenvalue weighted by Crippen LogP contribution is 2.47. The standard InChI is InChI=1S/C49H57ClF3N11O4/c1-28(29-11-17-62(18-12-29)38-25-37-33(24-35(38)51)45(58-60(37)3)64-39(65)5-4-6-40(64)66)61-19-13-48(14-20-61)15-21-63(22-16-48)47-54-26-34(50)44(57-47)55-31-9-10-36-32(23-31)41-42(46(67)59(36)2)68-27-49(52,53)43(56-41)30-7-8-30/h9-10,23-26,28-30,43,56H,4-8,11-22,27H2,1-3H3,(H,54,55,57)/t28-,43+/m1/s1. The molecule has 6 aliphatic rings. The number of nitrogens with zero attached hydrogens (tertiary/aromatic N) is 9. The lowest BCUT2D eigenvalue weighted by Crippen LogP contribution is -2.51. The number of nitrogens with one attached hydrogen (secondary N) is 2. The lowest BCUT2D eigenvalue weighted by molar-refractivity contribution is -0.129. The molecule has 1 spiro atoms. The molecule has 4 saturated heterocycles. The number of carbonyl (C=O) groups is 2. The number of aromatic nitrogens is 5. The van der Waals surface area contributed by atoms with Crippen LogP contribution in [0.25, 0.3) is 21.8 Å². The molecule has 11 rings (SSSR count). The summed E-state index contributed by atoms with van der Waals surface area (Å²) in [5.74, 6) is -2.68. The molecular weight excluding hydrogens is 899 g/mol. The van der Waals surface area contributed by atoms with Crippen molar-refractivity contribution in [1.82, 2.24) is 29.2 Å². The van der Waals surface area contributed by atoms with E-state index < -0.39 is 24.1 Å². The van der Waals surface area contributed by atoms with Crippen molar-refractivity contribution in [3.05, 3.63) is 57.7 Å². The summed E-state index contributed by atoms with van der Waals surface area (Å²) < 4.78 is 54.9. The van der Waals surface area contributed by atoms with Crippen LogP contribution < -0.4 is 35.6 Å². The third-order valence-corrected chi connectivity index (χ3v) is 16.4. The van der Waals surface area contributed by atoms with Crippen LogP contribution in [-0.4, -0.2) is 105 Å². The molecular formula is C49H57ClF3N11O4. The SMILES string of the molecule is C[C@H](C1CCN(c2cc3c(cc2F)c(N2C(=O)CCCC2=O)nn3C)CC1)N1CCC2(CCN(c3ncc(Cl)c(Nc4ccc5c(c4)c4c(c(=O)n5C)OCC(F)(F)[C@H](C5CC5)N4)n3)CC2)CC1. The highest BCUT2D eigenvalue weighted by molar-refractivity contribution is 6.33. The van der Waals surface area contributed by atoms with E-state index in [2.05, 4.69) is 42.3 Å². The zero-order chi connectivity index (χ0) is 47.2. The molecule has 5 fully saturated rings. The Morgan fingerprint density at radius 1 is 0.882 bits per heavy atom. The topological polar surface area (TPSA) is 146 Å². The van der Waals surface area contributed by atoms with E-state index in [-0.39, 0.29) is 59.1 Å². The van der Waals surface area contributed by atoms with Gasteiger partial charge in [-0.15, -0.1) is 0 Å². The van der Waals surface area contributed by atoms with Gasteiger partial charge in [0.25, 0.3) is 5.56 Å². The van der Waals surface area contributed by atoms with E-state index in [0.29, 0.717) is 81.2 Å². The van der Waals surface area contributed by atoms with Gasteiger partial charge < -0.3 is 34.6 Å². The number of anilines is 6. The summed E-state index contributed by atoms with van der Waals surface area (Å²) in [6.45, 7) is 6.69. The van der Waals surface area contributed by atoms with Gasteiger partial charge in [0.15, 0.2) is 18.2 Å². The molecule has 2 atom stereocenters. The molecule has 1 aliphatic carbocycles. The maximum absolute atomic E-state index is 15.8. The van der Waals surface area contributed by atoms with Crippen molar-refractivity contribution >= 4 is 79.9 Å². The van der Waals surface area contributed by atoms with Gasteiger partial charge >= 0.3 is 5.92 Å². The van der Waals surface area contributed by atoms with Crippen LogP contribution in [-0.2, 0) is 23.7 Å². The second-order valence-electron chi connectivity index (χ2n) is 20.1. The van der Waals surface area contributed by atoms with Crippen LogP contribution >= 0.6 is 11.6 Å². The Labute approximate surface area is 396 Å².